The molecule has 0 bridgehead atoms. The summed E-state index contributed by atoms with van der Waals surface area (Å²) in [6, 6.07) is 9.60. The lowest BCUT2D eigenvalue weighted by Gasteiger charge is -2.34. The minimum absolute atomic E-state index is 0.707. The Hall–Kier alpha value is -1.02. The van der Waals surface area contributed by atoms with Crippen molar-refractivity contribution in [2.45, 2.75) is 58.5 Å². The molecule has 1 N–H and O–H groups in total. The molecule has 0 aromatic heterocycles. The lowest BCUT2D eigenvalue weighted by molar-refractivity contribution is 0.427. The number of hydrogen-bond donors (Lipinski definition) is 1. The molecule has 0 heterocycles. The van der Waals surface area contributed by atoms with Gasteiger partial charge in [-0.05, 0) is 36.9 Å². The Morgan fingerprint density at radius 1 is 1.15 bits per heavy atom. The predicted octanol–water partition coefficient (Wildman–Crippen LogP) is 4.20. The lowest BCUT2D eigenvalue weighted by atomic mass is 9.94. The first-order valence-corrected chi connectivity index (χ1v) is 8.20. The second kappa shape index (κ2) is 7.68. The van der Waals surface area contributed by atoms with E-state index in [2.05, 4.69) is 55.4 Å². The van der Waals surface area contributed by atoms with Gasteiger partial charge >= 0.3 is 0 Å². The van der Waals surface area contributed by atoms with E-state index < -0.39 is 0 Å². The zero-order chi connectivity index (χ0) is 14.4. The van der Waals surface area contributed by atoms with Crippen LogP contribution in [0.25, 0.3) is 0 Å². The van der Waals surface area contributed by atoms with Gasteiger partial charge in [-0.1, -0.05) is 51.3 Å². The first-order valence-electron chi connectivity index (χ1n) is 8.20. The first kappa shape index (κ1) is 15.4. The fourth-order valence-electron chi connectivity index (χ4n) is 3.16. The van der Waals surface area contributed by atoms with Crippen LogP contribution in [0.15, 0.2) is 24.3 Å². The highest BCUT2D eigenvalue weighted by Gasteiger charge is 2.19. The van der Waals surface area contributed by atoms with Crippen molar-refractivity contribution in [2.24, 2.45) is 5.92 Å². The van der Waals surface area contributed by atoms with Gasteiger partial charge in [-0.2, -0.15) is 0 Å². The van der Waals surface area contributed by atoms with Crippen LogP contribution in [0, 0.1) is 5.92 Å². The summed E-state index contributed by atoms with van der Waals surface area (Å²) >= 11 is 0. The van der Waals surface area contributed by atoms with Gasteiger partial charge in [0.2, 0.25) is 0 Å². The summed E-state index contributed by atoms with van der Waals surface area (Å²) in [5.74, 6) is 0.707. The molecular formula is C18H30N2. The fourth-order valence-corrected chi connectivity index (χ4v) is 3.16. The molecule has 0 aliphatic heterocycles. The summed E-state index contributed by atoms with van der Waals surface area (Å²) in [6.45, 7) is 6.58. The van der Waals surface area contributed by atoms with Gasteiger partial charge in [-0.15, -0.1) is 0 Å². The molecule has 0 atom stereocenters. The number of nitrogens with zero attached hydrogens (tertiary/aromatic N) is 1. The van der Waals surface area contributed by atoms with Gasteiger partial charge in [0.15, 0.2) is 0 Å². The molecule has 1 aliphatic carbocycles. The molecule has 1 fully saturated rings. The van der Waals surface area contributed by atoms with Crippen LogP contribution in [0.2, 0.25) is 0 Å². The molecule has 0 radical (unpaired) electrons. The molecule has 0 spiro atoms. The van der Waals surface area contributed by atoms with Crippen molar-refractivity contribution >= 4 is 5.69 Å². The highest BCUT2D eigenvalue weighted by molar-refractivity contribution is 5.53. The van der Waals surface area contributed by atoms with E-state index in [1.54, 1.807) is 0 Å². The SMILES string of the molecule is CC(C)CNCc1ccccc1N(C)C1CCCCC1. The van der Waals surface area contributed by atoms with E-state index in [0.29, 0.717) is 5.92 Å². The van der Waals surface area contributed by atoms with Crippen molar-refractivity contribution in [3.8, 4) is 0 Å². The summed E-state index contributed by atoms with van der Waals surface area (Å²) in [6.07, 6.45) is 6.90. The molecule has 2 heteroatoms. The normalized spacial score (nSPS) is 16.6. The third-order valence-electron chi connectivity index (χ3n) is 4.36. The molecule has 0 saturated heterocycles. The van der Waals surface area contributed by atoms with Gasteiger partial charge in [0.25, 0.3) is 0 Å². The van der Waals surface area contributed by atoms with Crippen LogP contribution < -0.4 is 10.2 Å². The molecule has 1 aromatic carbocycles. The standard InChI is InChI=1S/C18H30N2/c1-15(2)13-19-14-16-9-7-8-12-18(16)20(3)17-10-5-4-6-11-17/h7-9,12,15,17,19H,4-6,10-11,13-14H2,1-3H3. The van der Waals surface area contributed by atoms with Gasteiger partial charge < -0.3 is 10.2 Å². The Kier molecular flexibility index (Phi) is 5.90. The minimum Gasteiger partial charge on any atom is -0.371 e. The topological polar surface area (TPSA) is 15.3 Å². The van der Waals surface area contributed by atoms with Gasteiger partial charge in [-0.3, -0.25) is 0 Å². The maximum atomic E-state index is 3.57. The van der Waals surface area contributed by atoms with Crippen LogP contribution in [-0.4, -0.2) is 19.6 Å². The number of nitrogens with one attached hydrogen (secondary N) is 1. The van der Waals surface area contributed by atoms with Crippen molar-refractivity contribution in [3.05, 3.63) is 29.8 Å². The Morgan fingerprint density at radius 3 is 2.55 bits per heavy atom. The molecular weight excluding hydrogens is 244 g/mol. The van der Waals surface area contributed by atoms with E-state index in [1.807, 2.05) is 0 Å². The quantitative estimate of drug-likeness (QED) is 0.836. The van der Waals surface area contributed by atoms with E-state index in [4.69, 9.17) is 0 Å². The zero-order valence-electron chi connectivity index (χ0n) is 13.4. The molecule has 20 heavy (non-hydrogen) atoms. The monoisotopic (exact) mass is 274 g/mol. The summed E-state index contributed by atoms with van der Waals surface area (Å²) in [5, 5.41) is 3.57. The lowest BCUT2D eigenvalue weighted by Crippen LogP contribution is -2.34. The van der Waals surface area contributed by atoms with Crippen LogP contribution in [0.4, 0.5) is 5.69 Å². The molecule has 1 saturated carbocycles. The van der Waals surface area contributed by atoms with Crippen molar-refractivity contribution in [2.75, 3.05) is 18.5 Å². The van der Waals surface area contributed by atoms with E-state index in [9.17, 15) is 0 Å². The number of hydrogen-bond acceptors (Lipinski definition) is 2. The third-order valence-corrected chi connectivity index (χ3v) is 4.36. The van der Waals surface area contributed by atoms with Crippen LogP contribution in [0.3, 0.4) is 0 Å². The molecule has 0 unspecified atom stereocenters. The Balaban J connectivity index is 2.02. The van der Waals surface area contributed by atoms with Crippen LogP contribution in [0.5, 0.6) is 0 Å². The van der Waals surface area contributed by atoms with E-state index in [-0.39, 0.29) is 0 Å². The Labute approximate surface area is 124 Å². The molecule has 2 nitrogen and oxygen atoms in total. The third kappa shape index (κ3) is 4.24. The van der Waals surface area contributed by atoms with Gasteiger partial charge in [-0.25, -0.2) is 0 Å². The first-order chi connectivity index (χ1) is 9.68. The smallest absolute Gasteiger partial charge is 0.0411 e. The Bertz CT molecular complexity index is 394. The van der Waals surface area contributed by atoms with E-state index in [1.165, 1.54) is 43.4 Å². The summed E-state index contributed by atoms with van der Waals surface area (Å²) in [7, 11) is 2.28. The molecule has 2 rings (SSSR count). The molecule has 1 aromatic rings. The van der Waals surface area contributed by atoms with Crippen LogP contribution in [0.1, 0.15) is 51.5 Å². The summed E-state index contributed by atoms with van der Waals surface area (Å²) in [5.41, 5.74) is 2.84. The van der Waals surface area contributed by atoms with Crippen molar-refractivity contribution in [3.63, 3.8) is 0 Å². The van der Waals surface area contributed by atoms with Gasteiger partial charge in [0.05, 0.1) is 0 Å². The Morgan fingerprint density at radius 2 is 1.85 bits per heavy atom. The second-order valence-corrected chi connectivity index (χ2v) is 6.56. The van der Waals surface area contributed by atoms with Crippen LogP contribution >= 0.6 is 0 Å². The number of benzene rings is 1. The van der Waals surface area contributed by atoms with Gasteiger partial charge in [0, 0.05) is 25.3 Å². The average Bonchev–Trinajstić information content (AvgIpc) is 2.47. The highest BCUT2D eigenvalue weighted by Crippen LogP contribution is 2.28. The van der Waals surface area contributed by atoms with Crippen molar-refractivity contribution < 1.29 is 0 Å². The number of para-hydroxylation sites is 1. The maximum Gasteiger partial charge on any atom is 0.0411 e. The predicted molar refractivity (Wildman–Crippen MR) is 88.3 cm³/mol. The summed E-state index contributed by atoms with van der Waals surface area (Å²) < 4.78 is 0. The molecule has 0 amide bonds. The minimum atomic E-state index is 0.707. The highest BCUT2D eigenvalue weighted by atomic mass is 15.1. The van der Waals surface area contributed by atoms with Crippen molar-refractivity contribution in [1.82, 2.24) is 5.32 Å². The van der Waals surface area contributed by atoms with Crippen molar-refractivity contribution in [1.29, 1.82) is 0 Å². The van der Waals surface area contributed by atoms with Gasteiger partial charge in [0.1, 0.15) is 0 Å². The average molecular weight is 274 g/mol. The maximum absolute atomic E-state index is 3.57. The zero-order valence-corrected chi connectivity index (χ0v) is 13.4. The fraction of sp³-hybridized carbons (Fsp3) is 0.667. The molecule has 1 aliphatic rings. The second-order valence-electron chi connectivity index (χ2n) is 6.56. The largest absolute Gasteiger partial charge is 0.371 e. The van der Waals surface area contributed by atoms with E-state index >= 15 is 0 Å². The number of rotatable bonds is 6. The van der Waals surface area contributed by atoms with E-state index in [0.717, 1.165) is 19.1 Å². The number of anilines is 1. The molecule has 112 valence electrons. The summed E-state index contributed by atoms with van der Waals surface area (Å²) in [4.78, 5) is 2.52. The van der Waals surface area contributed by atoms with Crippen LogP contribution in [-0.2, 0) is 6.54 Å².